The topological polar surface area (TPSA) is 72.3 Å². The highest BCUT2D eigenvalue weighted by atomic mass is 32.2. The zero-order chi connectivity index (χ0) is 25.3. The molecule has 36 heavy (non-hydrogen) atoms. The fourth-order valence-electron chi connectivity index (χ4n) is 5.37. The molecule has 1 aliphatic carbocycles. The Bertz CT molecular complexity index is 1310. The Morgan fingerprint density at radius 1 is 0.972 bits per heavy atom. The molecule has 2 atom stereocenters. The summed E-state index contributed by atoms with van der Waals surface area (Å²) in [5.41, 5.74) is 4.70. The Balaban J connectivity index is 1.32. The quantitative estimate of drug-likeness (QED) is 0.414. The zero-order valence-corrected chi connectivity index (χ0v) is 22.0. The van der Waals surface area contributed by atoms with Gasteiger partial charge in [0.15, 0.2) is 9.84 Å². The Kier molecular flexibility index (Phi) is 7.02. The highest BCUT2D eigenvalue weighted by Crippen LogP contribution is 2.44. The van der Waals surface area contributed by atoms with E-state index in [0.29, 0.717) is 36.7 Å². The Morgan fingerprint density at radius 2 is 1.67 bits per heavy atom. The van der Waals surface area contributed by atoms with Gasteiger partial charge in [-0.2, -0.15) is 5.10 Å². The van der Waals surface area contributed by atoms with Crippen LogP contribution in [0.4, 0.5) is 0 Å². The van der Waals surface area contributed by atoms with Crippen LogP contribution >= 0.6 is 0 Å². The van der Waals surface area contributed by atoms with Crippen molar-refractivity contribution in [1.82, 2.24) is 14.7 Å². The molecule has 190 valence electrons. The van der Waals surface area contributed by atoms with Crippen molar-refractivity contribution in [1.29, 1.82) is 0 Å². The average molecular weight is 506 g/mol. The van der Waals surface area contributed by atoms with Crippen LogP contribution < -0.4 is 0 Å². The highest BCUT2D eigenvalue weighted by Gasteiger charge is 2.39. The summed E-state index contributed by atoms with van der Waals surface area (Å²) in [7, 11) is -3.21. The van der Waals surface area contributed by atoms with Gasteiger partial charge in [0, 0.05) is 49.5 Å². The molecule has 0 radical (unpaired) electrons. The van der Waals surface area contributed by atoms with Gasteiger partial charge in [-0.25, -0.2) is 8.42 Å². The molecule has 1 saturated carbocycles. The number of sulfone groups is 1. The van der Waals surface area contributed by atoms with Crippen molar-refractivity contribution in [3.63, 3.8) is 0 Å². The Labute approximate surface area is 214 Å². The first-order chi connectivity index (χ1) is 17.4. The normalized spacial score (nSPS) is 20.1. The molecule has 1 amide bonds. The molecule has 1 aliphatic heterocycles. The lowest BCUT2D eigenvalue weighted by Gasteiger charge is -2.19. The lowest BCUT2D eigenvalue weighted by Crippen LogP contribution is -2.29. The number of amides is 1. The van der Waals surface area contributed by atoms with E-state index in [-0.39, 0.29) is 23.5 Å². The number of nitrogens with zero attached hydrogens (tertiary/aromatic N) is 3. The van der Waals surface area contributed by atoms with Gasteiger partial charge in [-0.3, -0.25) is 9.48 Å². The van der Waals surface area contributed by atoms with Crippen LogP contribution in [0, 0.1) is 0 Å². The van der Waals surface area contributed by atoms with Crippen molar-refractivity contribution in [3.8, 4) is 0 Å². The molecule has 3 aromatic rings. The second kappa shape index (κ2) is 10.2. The van der Waals surface area contributed by atoms with E-state index in [1.807, 2.05) is 23.1 Å². The molecule has 0 N–H and O–H groups in total. The molecule has 5 rings (SSSR count). The third-order valence-electron chi connectivity index (χ3n) is 7.70. The monoisotopic (exact) mass is 505 g/mol. The number of aromatic nitrogens is 2. The van der Waals surface area contributed by atoms with Crippen molar-refractivity contribution in [2.24, 2.45) is 0 Å². The predicted molar refractivity (Wildman–Crippen MR) is 141 cm³/mol. The molecule has 1 aromatic heterocycles. The second-order valence-electron chi connectivity index (χ2n) is 10.1. The van der Waals surface area contributed by atoms with E-state index in [1.165, 1.54) is 29.8 Å². The number of likely N-dealkylation sites (tertiary alicyclic amines) is 1. The fraction of sp³-hybridized carbons (Fsp3) is 0.448. The molecule has 2 aliphatic rings. The molecule has 2 heterocycles. The molecule has 6 nitrogen and oxygen atoms in total. The van der Waals surface area contributed by atoms with Crippen molar-refractivity contribution < 1.29 is 13.2 Å². The maximum Gasteiger partial charge on any atom is 0.222 e. The minimum Gasteiger partial charge on any atom is -0.341 e. The van der Waals surface area contributed by atoms with E-state index in [4.69, 9.17) is 5.10 Å². The van der Waals surface area contributed by atoms with Gasteiger partial charge in [0.25, 0.3) is 0 Å². The van der Waals surface area contributed by atoms with Gasteiger partial charge >= 0.3 is 0 Å². The van der Waals surface area contributed by atoms with Crippen LogP contribution in [-0.4, -0.2) is 47.8 Å². The second-order valence-corrected chi connectivity index (χ2v) is 12.3. The Hall–Kier alpha value is -2.93. The van der Waals surface area contributed by atoms with Crippen LogP contribution in [0.5, 0.6) is 0 Å². The van der Waals surface area contributed by atoms with Crippen LogP contribution in [0.25, 0.3) is 0 Å². The van der Waals surface area contributed by atoms with Gasteiger partial charge in [0.1, 0.15) is 0 Å². The summed E-state index contributed by atoms with van der Waals surface area (Å²) >= 11 is 0. The van der Waals surface area contributed by atoms with Gasteiger partial charge < -0.3 is 4.90 Å². The lowest BCUT2D eigenvalue weighted by molar-refractivity contribution is -0.130. The lowest BCUT2D eigenvalue weighted by atomic mass is 9.86. The van der Waals surface area contributed by atoms with Crippen molar-refractivity contribution in [2.45, 2.75) is 68.7 Å². The first-order valence-electron chi connectivity index (χ1n) is 13.1. The number of carbonyl (C=O) groups excluding carboxylic acids is 1. The first-order valence-corrected chi connectivity index (χ1v) is 14.8. The number of aryl methyl sites for hydroxylation is 2. The molecule has 0 spiro atoms. The van der Waals surface area contributed by atoms with Crippen LogP contribution in [0.3, 0.4) is 0 Å². The molecule has 7 heteroatoms. The largest absolute Gasteiger partial charge is 0.341 e. The van der Waals surface area contributed by atoms with E-state index >= 15 is 0 Å². The summed E-state index contributed by atoms with van der Waals surface area (Å²) in [6.07, 6.45) is 3.46. The van der Waals surface area contributed by atoms with Crippen LogP contribution in [0.1, 0.15) is 73.4 Å². The van der Waals surface area contributed by atoms with Crippen LogP contribution in [0.15, 0.2) is 65.6 Å². The fourth-order valence-corrected chi connectivity index (χ4v) is 6.25. The molecule has 2 fully saturated rings. The highest BCUT2D eigenvalue weighted by molar-refractivity contribution is 7.91. The number of benzene rings is 2. The molecular formula is C29H35N3O3S. The summed E-state index contributed by atoms with van der Waals surface area (Å²) in [4.78, 5) is 15.7. The van der Waals surface area contributed by atoms with Crippen LogP contribution in [0.2, 0.25) is 0 Å². The maximum atomic E-state index is 13.3. The molecule has 2 aromatic carbocycles. The summed E-state index contributed by atoms with van der Waals surface area (Å²) in [5, 5.41) is 4.91. The number of carbonyl (C=O) groups is 1. The summed E-state index contributed by atoms with van der Waals surface area (Å²) < 4.78 is 26.3. The maximum absolute atomic E-state index is 13.3. The summed E-state index contributed by atoms with van der Waals surface area (Å²) in [6, 6.07) is 19.8. The van der Waals surface area contributed by atoms with Crippen molar-refractivity contribution >= 4 is 15.7 Å². The number of rotatable bonds is 9. The van der Waals surface area contributed by atoms with E-state index in [1.54, 1.807) is 19.1 Å². The average Bonchev–Trinajstić information content (AvgIpc) is 3.52. The van der Waals surface area contributed by atoms with Gasteiger partial charge in [-0.05, 0) is 55.5 Å². The van der Waals surface area contributed by atoms with E-state index in [2.05, 4.69) is 41.9 Å². The van der Waals surface area contributed by atoms with Gasteiger partial charge in [0.2, 0.25) is 5.91 Å². The van der Waals surface area contributed by atoms with Crippen molar-refractivity contribution in [3.05, 3.63) is 83.2 Å². The third kappa shape index (κ3) is 5.12. The van der Waals surface area contributed by atoms with E-state index in [9.17, 15) is 13.2 Å². The standard InChI is InChI=1S/C29H35N3O3S/c1-3-32-28(18-27(30-32)23-13-14-23)26-20-31(19-25(26)22-8-6-5-7-9-22)29(33)17-12-21-10-15-24(16-11-21)36(34,35)4-2/h5-11,15-16,18,23,25-26H,3-4,12-14,17,19-20H2,1-2H3. The van der Waals surface area contributed by atoms with Gasteiger partial charge in [-0.15, -0.1) is 0 Å². The zero-order valence-electron chi connectivity index (χ0n) is 21.1. The summed E-state index contributed by atoms with van der Waals surface area (Å²) in [6.45, 7) is 6.02. The molecule has 2 unspecified atom stereocenters. The SMILES string of the molecule is CCn1nc(C2CC2)cc1C1CN(C(=O)CCc2ccc(S(=O)(=O)CC)cc2)CC1c1ccccc1. The van der Waals surface area contributed by atoms with Crippen molar-refractivity contribution in [2.75, 3.05) is 18.8 Å². The molecule has 0 bridgehead atoms. The number of hydrogen-bond acceptors (Lipinski definition) is 4. The molecule has 1 saturated heterocycles. The van der Waals surface area contributed by atoms with Gasteiger partial charge in [-0.1, -0.05) is 49.4 Å². The third-order valence-corrected chi connectivity index (χ3v) is 9.45. The summed E-state index contributed by atoms with van der Waals surface area (Å²) in [5.74, 6) is 1.29. The van der Waals surface area contributed by atoms with Crippen LogP contribution in [-0.2, 0) is 27.6 Å². The minimum absolute atomic E-state index is 0.0859. The Morgan fingerprint density at radius 3 is 2.31 bits per heavy atom. The van der Waals surface area contributed by atoms with E-state index < -0.39 is 9.84 Å². The first kappa shape index (κ1) is 24.8. The van der Waals surface area contributed by atoms with E-state index in [0.717, 1.165) is 12.1 Å². The predicted octanol–water partition coefficient (Wildman–Crippen LogP) is 4.92. The smallest absolute Gasteiger partial charge is 0.222 e. The van der Waals surface area contributed by atoms with Gasteiger partial charge in [0.05, 0.1) is 16.3 Å². The molecular weight excluding hydrogens is 470 g/mol. The minimum atomic E-state index is -3.21. The number of hydrogen-bond donors (Lipinski definition) is 0.